The molecule has 0 aliphatic carbocycles. The largest absolute Gasteiger partial charge is 0.314 e. The molecule has 0 saturated carbocycles. The second-order valence-corrected chi connectivity index (χ2v) is 16.6. The van der Waals surface area contributed by atoms with E-state index >= 15 is 4.39 Å². The number of ketones is 1. The minimum atomic E-state index is -3.93. The monoisotopic (exact) mass is 710 g/mol. The van der Waals surface area contributed by atoms with Gasteiger partial charge in [0.1, 0.15) is 38.9 Å². The molecule has 3 aromatic rings. The zero-order valence-corrected chi connectivity index (χ0v) is 28.1. The summed E-state index contributed by atoms with van der Waals surface area (Å²) in [6, 6.07) is 7.69. The third-order valence-corrected chi connectivity index (χ3v) is 12.9. The predicted octanol–water partition coefficient (Wildman–Crippen LogP) is 3.93. The maximum Gasteiger partial charge on any atom is 0.282 e. The summed E-state index contributed by atoms with van der Waals surface area (Å²) in [5.74, 6) is -3.99. The molecule has 2 saturated heterocycles. The Morgan fingerprint density at radius 3 is 2.23 bits per heavy atom. The van der Waals surface area contributed by atoms with Crippen molar-refractivity contribution >= 4 is 25.8 Å². The molecule has 0 radical (unpaired) electrons. The second-order valence-electron chi connectivity index (χ2n) is 12.4. The lowest BCUT2D eigenvalue weighted by Gasteiger charge is -2.40. The van der Waals surface area contributed by atoms with Crippen LogP contribution >= 0.6 is 0 Å². The number of carbonyl (C=O) groups is 1. The fourth-order valence-corrected chi connectivity index (χ4v) is 9.50. The number of aromatic nitrogens is 1. The number of piperazine rings is 1. The Kier molecular flexibility index (Phi) is 11.4. The minimum Gasteiger partial charge on any atom is -0.314 e. The summed E-state index contributed by atoms with van der Waals surface area (Å²) in [6.07, 6.45) is 3.87. The first-order valence-electron chi connectivity index (χ1n) is 15.7. The number of carbonyl (C=O) groups excluding carboxylic acids is 1. The lowest BCUT2D eigenvalue weighted by atomic mass is 9.85. The number of hydrogen-bond donors (Lipinski definition) is 1. The van der Waals surface area contributed by atoms with Crippen molar-refractivity contribution in [2.24, 2.45) is 0 Å². The van der Waals surface area contributed by atoms with Crippen LogP contribution in [0.25, 0.3) is 0 Å². The van der Waals surface area contributed by atoms with Crippen molar-refractivity contribution in [2.45, 2.75) is 55.7 Å². The number of benzene rings is 2. The highest BCUT2D eigenvalue weighted by Gasteiger charge is 2.39. The Hall–Kier alpha value is -3.24. The van der Waals surface area contributed by atoms with E-state index in [2.05, 4.69) is 10.3 Å². The molecule has 2 fully saturated rings. The van der Waals surface area contributed by atoms with E-state index in [-0.39, 0.29) is 75.1 Å². The number of nitrogens with one attached hydrogen (secondary N) is 1. The van der Waals surface area contributed by atoms with Gasteiger partial charge in [-0.15, -0.1) is 0 Å². The maximum absolute atomic E-state index is 15.2. The number of pyridine rings is 1. The average Bonchev–Trinajstić information content (AvgIpc) is 3.03. The SMILES string of the molecule is CS(=O)(=O)C1CCN(S(=O)(=O)N2CCNC[C@@H]2CCc2c(F)cncc2CC(=O)C[C@@H](c2ccc(F)cc2)c2cc(F)cc(F)c2)CC1. The minimum absolute atomic E-state index is 0.0864. The fraction of sp³-hybridized carbons (Fsp3) is 0.455. The lowest BCUT2D eigenvalue weighted by Crippen LogP contribution is -2.58. The van der Waals surface area contributed by atoms with E-state index < -0.39 is 60.5 Å². The van der Waals surface area contributed by atoms with Gasteiger partial charge in [-0.05, 0) is 72.2 Å². The summed E-state index contributed by atoms with van der Waals surface area (Å²) in [7, 11) is -7.21. The summed E-state index contributed by atoms with van der Waals surface area (Å²) >= 11 is 0. The Bertz CT molecular complexity index is 1820. The van der Waals surface area contributed by atoms with Gasteiger partial charge in [0.25, 0.3) is 10.2 Å². The number of rotatable bonds is 12. The molecule has 0 amide bonds. The van der Waals surface area contributed by atoms with Gasteiger partial charge < -0.3 is 5.32 Å². The summed E-state index contributed by atoms with van der Waals surface area (Å²) in [4.78, 5) is 17.4. The van der Waals surface area contributed by atoms with E-state index in [0.29, 0.717) is 30.3 Å². The molecule has 2 atom stereocenters. The summed E-state index contributed by atoms with van der Waals surface area (Å²) in [5, 5.41) is 2.60. The van der Waals surface area contributed by atoms with Crippen LogP contribution in [0.15, 0.2) is 54.9 Å². The zero-order chi connectivity index (χ0) is 34.6. The normalized spacial score (nSPS) is 19.3. The molecule has 3 heterocycles. The van der Waals surface area contributed by atoms with Crippen LogP contribution in [0.1, 0.15) is 53.9 Å². The Morgan fingerprint density at radius 1 is 0.917 bits per heavy atom. The Morgan fingerprint density at radius 2 is 1.58 bits per heavy atom. The van der Waals surface area contributed by atoms with Gasteiger partial charge >= 0.3 is 0 Å². The van der Waals surface area contributed by atoms with E-state index in [9.17, 15) is 34.8 Å². The van der Waals surface area contributed by atoms with Crippen molar-refractivity contribution in [3.63, 3.8) is 0 Å². The quantitative estimate of drug-likeness (QED) is 0.283. The van der Waals surface area contributed by atoms with Crippen LogP contribution in [0.5, 0.6) is 0 Å². The number of piperidine rings is 1. The first kappa shape index (κ1) is 36.1. The van der Waals surface area contributed by atoms with Gasteiger partial charge in [-0.25, -0.2) is 26.0 Å². The zero-order valence-electron chi connectivity index (χ0n) is 26.4. The molecule has 2 aromatic carbocycles. The first-order chi connectivity index (χ1) is 22.7. The summed E-state index contributed by atoms with van der Waals surface area (Å²) in [6.45, 7) is 1.10. The molecule has 48 heavy (non-hydrogen) atoms. The van der Waals surface area contributed by atoms with Crippen molar-refractivity contribution < 1.29 is 39.2 Å². The molecule has 1 aromatic heterocycles. The Balaban J connectivity index is 1.30. The molecule has 0 unspecified atom stereocenters. The van der Waals surface area contributed by atoms with Crippen LogP contribution < -0.4 is 5.32 Å². The number of hydrogen-bond acceptors (Lipinski definition) is 7. The highest BCUT2D eigenvalue weighted by molar-refractivity contribution is 7.91. The molecule has 0 bridgehead atoms. The topological polar surface area (TPSA) is 117 Å². The molecule has 2 aliphatic rings. The van der Waals surface area contributed by atoms with E-state index in [4.69, 9.17) is 0 Å². The number of nitrogens with zero attached hydrogens (tertiary/aromatic N) is 3. The molecule has 0 spiro atoms. The van der Waals surface area contributed by atoms with Crippen LogP contribution in [0.3, 0.4) is 0 Å². The average molecular weight is 711 g/mol. The van der Waals surface area contributed by atoms with Gasteiger partial charge in [0, 0.05) is 76.0 Å². The second kappa shape index (κ2) is 15.1. The number of Topliss-reactive ketones (excluding diaryl/α,β-unsaturated/α-hetero) is 1. The molecule has 1 N–H and O–H groups in total. The maximum atomic E-state index is 15.2. The van der Waals surface area contributed by atoms with E-state index in [1.54, 1.807) is 0 Å². The van der Waals surface area contributed by atoms with Crippen LogP contribution in [-0.4, -0.2) is 86.5 Å². The third kappa shape index (κ3) is 8.67. The van der Waals surface area contributed by atoms with Crippen LogP contribution in [0.2, 0.25) is 0 Å². The van der Waals surface area contributed by atoms with Crippen LogP contribution in [0.4, 0.5) is 17.6 Å². The van der Waals surface area contributed by atoms with Gasteiger partial charge in [0.2, 0.25) is 0 Å². The third-order valence-electron chi connectivity index (χ3n) is 9.13. The van der Waals surface area contributed by atoms with Gasteiger partial charge in [-0.2, -0.15) is 17.0 Å². The van der Waals surface area contributed by atoms with Crippen molar-refractivity contribution in [1.29, 1.82) is 0 Å². The molecule has 15 heteroatoms. The molecule has 260 valence electrons. The van der Waals surface area contributed by atoms with Crippen LogP contribution in [0, 0.1) is 23.3 Å². The smallest absolute Gasteiger partial charge is 0.282 e. The molecule has 9 nitrogen and oxygen atoms in total. The van der Waals surface area contributed by atoms with Crippen molar-refractivity contribution in [2.75, 3.05) is 39.0 Å². The van der Waals surface area contributed by atoms with E-state index in [0.717, 1.165) is 24.6 Å². The fourth-order valence-electron chi connectivity index (χ4n) is 6.59. The molecule has 2 aliphatic heterocycles. The van der Waals surface area contributed by atoms with Gasteiger partial charge in [0.05, 0.1) is 11.4 Å². The van der Waals surface area contributed by atoms with Crippen LogP contribution in [-0.2, 0) is 37.7 Å². The lowest BCUT2D eigenvalue weighted by molar-refractivity contribution is -0.118. The Labute approximate surface area is 278 Å². The van der Waals surface area contributed by atoms with Crippen molar-refractivity contribution in [1.82, 2.24) is 18.9 Å². The highest BCUT2D eigenvalue weighted by Crippen LogP contribution is 2.31. The van der Waals surface area contributed by atoms with Crippen molar-refractivity contribution in [3.8, 4) is 0 Å². The van der Waals surface area contributed by atoms with Gasteiger partial charge in [0.15, 0.2) is 0 Å². The molecular weight excluding hydrogens is 673 g/mol. The molecule has 5 rings (SSSR count). The number of sulfone groups is 1. The standard InChI is InChI=1S/C33H38F4N4O5S2/c1-47(43,44)30-8-11-40(12-9-30)48(45,46)41-13-10-38-20-28(41)6-7-31-24(19-39-21-33(31)37)16-29(42)18-32(22-2-4-25(34)5-3-22)23-14-26(35)17-27(36)15-23/h2-5,14-15,17,19,21,28,30,32,38H,6-13,16,18,20H2,1H3/t28-,32-/m0/s1. The summed E-state index contributed by atoms with van der Waals surface area (Å²) < 4.78 is 111. The number of halogens is 4. The van der Waals surface area contributed by atoms with E-state index in [1.165, 1.54) is 39.1 Å². The molecular formula is C33H38F4N4O5S2. The first-order valence-corrected chi connectivity index (χ1v) is 19.1. The summed E-state index contributed by atoms with van der Waals surface area (Å²) in [5.41, 5.74) is 1.19. The van der Waals surface area contributed by atoms with Crippen molar-refractivity contribution in [3.05, 3.63) is 100 Å². The van der Waals surface area contributed by atoms with Gasteiger partial charge in [-0.1, -0.05) is 12.1 Å². The predicted molar refractivity (Wildman–Crippen MR) is 172 cm³/mol. The highest BCUT2D eigenvalue weighted by atomic mass is 32.2. The van der Waals surface area contributed by atoms with Gasteiger partial charge in [-0.3, -0.25) is 9.78 Å². The van der Waals surface area contributed by atoms with E-state index in [1.807, 2.05) is 0 Å².